The third-order valence-electron chi connectivity index (χ3n) is 5.38. The predicted molar refractivity (Wildman–Crippen MR) is 103 cm³/mol. The van der Waals surface area contributed by atoms with E-state index in [1.807, 2.05) is 0 Å². The van der Waals surface area contributed by atoms with Crippen molar-refractivity contribution in [3.63, 3.8) is 0 Å². The lowest BCUT2D eigenvalue weighted by atomic mass is 9.91. The monoisotopic (exact) mass is 338 g/mol. The molecule has 0 aliphatic heterocycles. The van der Waals surface area contributed by atoms with Crippen molar-refractivity contribution in [3.05, 3.63) is 70.1 Å². The predicted octanol–water partition coefficient (Wildman–Crippen LogP) is 6.86. The van der Waals surface area contributed by atoms with Gasteiger partial charge in [-0.3, -0.25) is 0 Å². The molecule has 0 N–H and O–H groups in total. The van der Waals surface area contributed by atoms with E-state index in [1.165, 1.54) is 16.7 Å². The second-order valence-corrected chi connectivity index (χ2v) is 7.44. The first-order chi connectivity index (χ1) is 12.0. The van der Waals surface area contributed by atoms with Crippen molar-refractivity contribution >= 4 is 0 Å². The van der Waals surface area contributed by atoms with E-state index >= 15 is 0 Å². The lowest BCUT2D eigenvalue weighted by molar-refractivity contribution is 0.222. The molecule has 0 aromatic carbocycles. The second kappa shape index (κ2) is 7.95. The molecular weight excluding hydrogens is 308 g/mol. The maximum atomic E-state index is 6.21. The van der Waals surface area contributed by atoms with Crippen LogP contribution in [0.3, 0.4) is 0 Å². The minimum absolute atomic E-state index is 0.512. The summed E-state index contributed by atoms with van der Waals surface area (Å²) in [4.78, 5) is 0. The molecule has 2 nitrogen and oxygen atoms in total. The highest BCUT2D eigenvalue weighted by Gasteiger charge is 2.20. The van der Waals surface area contributed by atoms with Gasteiger partial charge in [0.05, 0.1) is 0 Å². The van der Waals surface area contributed by atoms with Crippen molar-refractivity contribution in [2.45, 2.75) is 66.2 Å². The van der Waals surface area contributed by atoms with Gasteiger partial charge in [0.15, 0.2) is 0 Å². The molecule has 0 saturated heterocycles. The first-order valence-corrected chi connectivity index (χ1v) is 9.55. The molecule has 0 unspecified atom stereocenters. The van der Waals surface area contributed by atoms with Crippen LogP contribution in [-0.2, 0) is 9.47 Å². The number of allylic oxidation sites excluding steroid dienone is 12. The maximum Gasteiger partial charge on any atom is 0.107 e. The highest BCUT2D eigenvalue weighted by molar-refractivity contribution is 5.30. The molecule has 0 fully saturated rings. The van der Waals surface area contributed by atoms with E-state index in [0.29, 0.717) is 5.92 Å². The summed E-state index contributed by atoms with van der Waals surface area (Å²) in [6, 6.07) is 0. The summed E-state index contributed by atoms with van der Waals surface area (Å²) in [5.41, 5.74) is 4.25. The summed E-state index contributed by atoms with van der Waals surface area (Å²) < 4.78 is 12.3. The molecule has 0 heterocycles. The standard InChI is InChI=1S/C23H30O2/c1-5-19-14-16(2)6-13-23(19)25-21-11-9-20(10-12-21)24-22-8-7-17(3)18(4)15-22/h6,9,11,13,15,19H,5,7-8,10,12,14H2,1-4H3/t19-/m0/s1. The number of hydrogen-bond acceptors (Lipinski definition) is 2. The van der Waals surface area contributed by atoms with Gasteiger partial charge in [-0.05, 0) is 69.9 Å². The van der Waals surface area contributed by atoms with Crippen LogP contribution in [0.2, 0.25) is 0 Å². The first-order valence-electron chi connectivity index (χ1n) is 9.55. The number of hydrogen-bond donors (Lipinski definition) is 0. The zero-order valence-corrected chi connectivity index (χ0v) is 16.0. The number of ether oxygens (including phenoxy) is 2. The summed E-state index contributed by atoms with van der Waals surface area (Å²) in [7, 11) is 0. The summed E-state index contributed by atoms with van der Waals surface area (Å²) in [6.07, 6.45) is 16.8. The Balaban J connectivity index is 1.63. The Labute approximate surface area is 152 Å². The van der Waals surface area contributed by atoms with Crippen LogP contribution in [0.15, 0.2) is 70.1 Å². The fraction of sp³-hybridized carbons (Fsp3) is 0.478. The molecule has 3 rings (SSSR count). The van der Waals surface area contributed by atoms with Crippen LogP contribution in [0.1, 0.15) is 66.2 Å². The molecule has 2 heteroatoms. The Morgan fingerprint density at radius 2 is 1.52 bits per heavy atom. The molecule has 0 radical (unpaired) electrons. The molecule has 134 valence electrons. The Morgan fingerprint density at radius 3 is 2.16 bits per heavy atom. The first kappa shape index (κ1) is 17.8. The minimum atomic E-state index is 0.512. The van der Waals surface area contributed by atoms with Gasteiger partial charge in [-0.25, -0.2) is 0 Å². The maximum absolute atomic E-state index is 6.21. The Bertz CT molecular complexity index is 710. The quantitative estimate of drug-likeness (QED) is 0.545. The highest BCUT2D eigenvalue weighted by atomic mass is 16.5. The molecule has 3 aliphatic carbocycles. The van der Waals surface area contributed by atoms with Gasteiger partial charge in [0.1, 0.15) is 23.0 Å². The Kier molecular flexibility index (Phi) is 5.67. The van der Waals surface area contributed by atoms with Gasteiger partial charge in [-0.1, -0.05) is 24.1 Å². The van der Waals surface area contributed by atoms with E-state index < -0.39 is 0 Å². The molecule has 0 amide bonds. The van der Waals surface area contributed by atoms with Crippen molar-refractivity contribution in [2.24, 2.45) is 5.92 Å². The average molecular weight is 338 g/mol. The lowest BCUT2D eigenvalue weighted by Gasteiger charge is -2.25. The molecule has 1 atom stereocenters. The highest BCUT2D eigenvalue weighted by Crippen LogP contribution is 2.33. The third-order valence-corrected chi connectivity index (χ3v) is 5.38. The van der Waals surface area contributed by atoms with Gasteiger partial charge in [0, 0.05) is 25.2 Å². The van der Waals surface area contributed by atoms with Crippen molar-refractivity contribution in [1.82, 2.24) is 0 Å². The topological polar surface area (TPSA) is 18.5 Å². The van der Waals surface area contributed by atoms with Crippen molar-refractivity contribution in [1.29, 1.82) is 0 Å². The summed E-state index contributed by atoms with van der Waals surface area (Å²) in [5.74, 6) is 4.82. The van der Waals surface area contributed by atoms with Crippen molar-refractivity contribution < 1.29 is 9.47 Å². The van der Waals surface area contributed by atoms with Gasteiger partial charge in [0.2, 0.25) is 0 Å². The molecule has 25 heavy (non-hydrogen) atoms. The average Bonchev–Trinajstić information content (AvgIpc) is 2.61. The summed E-state index contributed by atoms with van der Waals surface area (Å²) >= 11 is 0. The smallest absolute Gasteiger partial charge is 0.107 e. The second-order valence-electron chi connectivity index (χ2n) is 7.44. The third kappa shape index (κ3) is 4.56. The molecule has 0 spiro atoms. The van der Waals surface area contributed by atoms with Gasteiger partial charge >= 0.3 is 0 Å². The van der Waals surface area contributed by atoms with E-state index in [1.54, 1.807) is 0 Å². The Hall–Kier alpha value is -1.96. The van der Waals surface area contributed by atoms with Gasteiger partial charge < -0.3 is 9.47 Å². The number of rotatable bonds is 5. The summed E-state index contributed by atoms with van der Waals surface area (Å²) in [5, 5.41) is 0. The van der Waals surface area contributed by atoms with Crippen LogP contribution < -0.4 is 0 Å². The van der Waals surface area contributed by atoms with Crippen LogP contribution in [0.4, 0.5) is 0 Å². The van der Waals surface area contributed by atoms with Crippen LogP contribution in [0.25, 0.3) is 0 Å². The van der Waals surface area contributed by atoms with Crippen LogP contribution >= 0.6 is 0 Å². The largest absolute Gasteiger partial charge is 0.466 e. The van der Waals surface area contributed by atoms with Gasteiger partial charge in [-0.2, -0.15) is 0 Å². The molecular formula is C23H30O2. The van der Waals surface area contributed by atoms with Gasteiger partial charge in [0.25, 0.3) is 0 Å². The Morgan fingerprint density at radius 1 is 0.840 bits per heavy atom. The normalized spacial score (nSPS) is 24.0. The molecule has 0 aromatic heterocycles. The van der Waals surface area contributed by atoms with Crippen LogP contribution in [-0.4, -0.2) is 0 Å². The fourth-order valence-corrected chi connectivity index (χ4v) is 3.49. The van der Waals surface area contributed by atoms with E-state index in [4.69, 9.17) is 9.47 Å². The van der Waals surface area contributed by atoms with Gasteiger partial charge in [-0.15, -0.1) is 0 Å². The minimum Gasteiger partial charge on any atom is -0.466 e. The lowest BCUT2D eigenvalue weighted by Crippen LogP contribution is -2.11. The van der Waals surface area contributed by atoms with Crippen LogP contribution in [0, 0.1) is 5.92 Å². The molecule has 3 aliphatic rings. The van der Waals surface area contributed by atoms with Crippen LogP contribution in [0.5, 0.6) is 0 Å². The van der Waals surface area contributed by atoms with E-state index in [2.05, 4.69) is 58.1 Å². The van der Waals surface area contributed by atoms with Crippen molar-refractivity contribution in [3.8, 4) is 0 Å². The van der Waals surface area contributed by atoms with E-state index in [9.17, 15) is 0 Å². The zero-order chi connectivity index (χ0) is 17.8. The van der Waals surface area contributed by atoms with E-state index in [-0.39, 0.29) is 0 Å². The summed E-state index contributed by atoms with van der Waals surface area (Å²) in [6.45, 7) is 8.80. The zero-order valence-electron chi connectivity index (χ0n) is 16.0. The fourth-order valence-electron chi connectivity index (χ4n) is 3.49. The molecule has 0 saturated carbocycles. The van der Waals surface area contributed by atoms with Crippen molar-refractivity contribution in [2.75, 3.05) is 0 Å². The molecule has 0 aromatic rings. The SMILES string of the molecule is CC[C@H]1CC(C)=CC=C1OC1=CC=C(OC2=CC(C)=C(C)CC2)CC1. The van der Waals surface area contributed by atoms with E-state index in [0.717, 1.165) is 61.6 Å². The molecule has 0 bridgehead atoms.